The van der Waals surface area contributed by atoms with E-state index in [2.05, 4.69) is 37.1 Å². The predicted octanol–water partition coefficient (Wildman–Crippen LogP) is 3.68. The minimum absolute atomic E-state index is 0.0910. The lowest BCUT2D eigenvalue weighted by Crippen LogP contribution is -2.48. The Labute approximate surface area is 333 Å². The topological polar surface area (TPSA) is 164 Å². The van der Waals surface area contributed by atoms with Crippen molar-refractivity contribution in [2.24, 2.45) is 17.8 Å². The summed E-state index contributed by atoms with van der Waals surface area (Å²) < 4.78 is 60.7. The van der Waals surface area contributed by atoms with E-state index in [1.165, 1.54) is 37.9 Å². The lowest BCUT2D eigenvalue weighted by Gasteiger charge is -2.25. The first-order chi connectivity index (χ1) is 26.5. The molecule has 1 fully saturated rings. The van der Waals surface area contributed by atoms with Crippen LogP contribution in [-0.2, 0) is 71.8 Å². The number of nitrogens with one attached hydrogen (secondary N) is 4. The van der Waals surface area contributed by atoms with Gasteiger partial charge in [-0.2, -0.15) is 25.4 Å². The predicted molar refractivity (Wildman–Crippen MR) is 220 cm³/mol. The number of nitrogens with zero attached hydrogens (tertiary/aromatic N) is 4. The van der Waals surface area contributed by atoms with Gasteiger partial charge >= 0.3 is 32.5 Å². The van der Waals surface area contributed by atoms with Crippen LogP contribution in [0, 0.1) is 17.8 Å². The molecule has 5 aliphatic rings. The van der Waals surface area contributed by atoms with Crippen molar-refractivity contribution < 1.29 is 26.4 Å². The van der Waals surface area contributed by atoms with Gasteiger partial charge in [0.25, 0.3) is 0 Å². The molecule has 3 atom stereocenters. The molecular weight excluding hydrogens is 753 g/mol. The van der Waals surface area contributed by atoms with Gasteiger partial charge in [0.15, 0.2) is 0 Å². The number of likely N-dealkylation sites (tertiary alicyclic amines) is 1. The third kappa shape index (κ3) is 8.60. The number of carbonyl (C=O) groups excluding carboxylic acids is 2. The zero-order valence-corrected chi connectivity index (χ0v) is 35.5. The van der Waals surface area contributed by atoms with E-state index in [-0.39, 0.29) is 30.3 Å². The molecule has 0 radical (unpaired) electrons. The van der Waals surface area contributed by atoms with Crippen molar-refractivity contribution in [2.75, 3.05) is 71.5 Å². The Kier molecular flexibility index (Phi) is 11.8. The number of anilines is 2. The average molecular weight is 813 g/mol. The number of aryl methyl sites for hydroxylation is 2. The molecule has 3 unspecified atom stereocenters. The standard InChI is InChI=1S/C40H60N8O6S2/c1-25(2)23-48(16-15-45(3)4)56(53,54)44-40(50)42-38-34-12-8-10-27(34)18-31-20-29(22-36(31)38)28-19-30-17-26-9-7-11-33(26)37(35(30)21-28)41-39(49)43-55(51,52)47(6)32-13-14-46(5)24-32/h17-18,25,28-29,32H,7-16,19-24H2,1-6H3,(H2,41,43,49)(H2,42,44,50). The van der Waals surface area contributed by atoms with Gasteiger partial charge in [-0.1, -0.05) is 26.0 Å². The quantitative estimate of drug-likeness (QED) is 0.238. The first-order valence-electron chi connectivity index (χ1n) is 20.3. The van der Waals surface area contributed by atoms with Crippen LogP contribution < -0.4 is 20.1 Å². The Balaban J connectivity index is 1.07. The fraction of sp³-hybridized carbons (Fsp3) is 0.650. The summed E-state index contributed by atoms with van der Waals surface area (Å²) in [5.41, 5.74) is 10.8. The number of carbonyl (C=O) groups is 2. The van der Waals surface area contributed by atoms with E-state index in [1.807, 2.05) is 39.9 Å². The normalized spacial score (nSPS) is 21.9. The van der Waals surface area contributed by atoms with Crippen molar-refractivity contribution in [3.05, 3.63) is 56.6 Å². The van der Waals surface area contributed by atoms with E-state index >= 15 is 0 Å². The van der Waals surface area contributed by atoms with Crippen molar-refractivity contribution in [1.29, 1.82) is 0 Å². The Bertz CT molecular complexity index is 2090. The van der Waals surface area contributed by atoms with Gasteiger partial charge in [0.2, 0.25) is 0 Å². The monoisotopic (exact) mass is 812 g/mol. The molecule has 0 saturated carbocycles. The SMILES string of the molecule is CC(C)CN(CCN(C)C)S(=O)(=O)NC(=O)Nc1c2c(cc3c1CC(C1Cc4cc5c(c(NC(=O)NS(=O)(=O)N(C)C6CCN(C)C6)c4C1)CCC5)C3)CCC2. The molecule has 16 heteroatoms. The molecular formula is C40H60N8O6S2. The maximum absolute atomic E-state index is 13.5. The van der Waals surface area contributed by atoms with Crippen LogP contribution in [0.5, 0.6) is 0 Å². The summed E-state index contributed by atoms with van der Waals surface area (Å²) in [4.78, 5) is 31.0. The van der Waals surface area contributed by atoms with E-state index in [0.717, 1.165) is 104 Å². The third-order valence-electron chi connectivity index (χ3n) is 12.6. The largest absolute Gasteiger partial charge is 0.333 e. The minimum atomic E-state index is -4.08. The molecule has 4 N–H and O–H groups in total. The molecule has 2 aromatic carbocycles. The van der Waals surface area contributed by atoms with Crippen LogP contribution in [0.1, 0.15) is 77.6 Å². The molecule has 14 nitrogen and oxygen atoms in total. The fourth-order valence-electron chi connectivity index (χ4n) is 9.82. The van der Waals surface area contributed by atoms with Crippen LogP contribution in [-0.4, -0.2) is 114 Å². The fourth-order valence-corrected chi connectivity index (χ4v) is 12.0. The van der Waals surface area contributed by atoms with Crippen LogP contribution >= 0.6 is 0 Å². The minimum Gasteiger partial charge on any atom is -0.308 e. The highest BCUT2D eigenvalue weighted by Crippen LogP contribution is 2.47. The zero-order chi connectivity index (χ0) is 40.1. The molecule has 56 heavy (non-hydrogen) atoms. The summed E-state index contributed by atoms with van der Waals surface area (Å²) in [7, 11) is -0.853. The van der Waals surface area contributed by atoms with Crippen molar-refractivity contribution in [1.82, 2.24) is 27.9 Å². The van der Waals surface area contributed by atoms with E-state index in [1.54, 1.807) is 0 Å². The molecule has 308 valence electrons. The van der Waals surface area contributed by atoms with Crippen molar-refractivity contribution in [3.8, 4) is 0 Å². The van der Waals surface area contributed by atoms with E-state index in [0.29, 0.717) is 26.1 Å². The van der Waals surface area contributed by atoms with Gasteiger partial charge in [-0.05, 0) is 161 Å². The number of fused-ring (bicyclic) bond motifs is 4. The smallest absolute Gasteiger partial charge is 0.308 e. The Morgan fingerprint density at radius 2 is 1.25 bits per heavy atom. The molecule has 1 aliphatic heterocycles. The van der Waals surface area contributed by atoms with Crippen LogP contribution in [0.2, 0.25) is 0 Å². The summed E-state index contributed by atoms with van der Waals surface area (Å²) in [6, 6.07) is 2.94. The second-order valence-electron chi connectivity index (χ2n) is 17.5. The van der Waals surface area contributed by atoms with Gasteiger partial charge in [-0.15, -0.1) is 0 Å². The maximum Gasteiger partial charge on any atom is 0.333 e. The number of likely N-dealkylation sites (N-methyl/N-ethyl adjacent to an activating group) is 3. The first kappa shape index (κ1) is 40.9. The van der Waals surface area contributed by atoms with Gasteiger partial charge in [0.1, 0.15) is 0 Å². The van der Waals surface area contributed by atoms with Crippen molar-refractivity contribution in [2.45, 2.75) is 90.5 Å². The van der Waals surface area contributed by atoms with Gasteiger partial charge < -0.3 is 20.4 Å². The number of benzene rings is 2. The maximum atomic E-state index is 13.5. The summed E-state index contributed by atoms with van der Waals surface area (Å²) in [5, 5.41) is 6.05. The van der Waals surface area contributed by atoms with E-state index in [4.69, 9.17) is 0 Å². The molecule has 1 heterocycles. The summed E-state index contributed by atoms with van der Waals surface area (Å²) in [6.45, 7) is 6.45. The van der Waals surface area contributed by atoms with Crippen LogP contribution in [0.15, 0.2) is 12.1 Å². The van der Waals surface area contributed by atoms with E-state index < -0.39 is 32.5 Å². The van der Waals surface area contributed by atoms with Crippen molar-refractivity contribution in [3.63, 3.8) is 0 Å². The number of urea groups is 2. The Morgan fingerprint density at radius 1 is 0.732 bits per heavy atom. The highest BCUT2D eigenvalue weighted by Gasteiger charge is 2.39. The molecule has 0 bridgehead atoms. The lowest BCUT2D eigenvalue weighted by atomic mass is 9.87. The van der Waals surface area contributed by atoms with Crippen LogP contribution in [0.4, 0.5) is 21.0 Å². The zero-order valence-electron chi connectivity index (χ0n) is 33.8. The second kappa shape index (κ2) is 16.2. The Hall–Kier alpha value is -3.28. The summed E-state index contributed by atoms with van der Waals surface area (Å²) in [6.07, 6.45) is 9.45. The average Bonchev–Trinajstić information content (AvgIpc) is 3.95. The molecule has 1 saturated heterocycles. The molecule has 4 amide bonds. The third-order valence-corrected chi connectivity index (χ3v) is 15.6. The number of hydrogen-bond acceptors (Lipinski definition) is 8. The van der Waals surface area contributed by atoms with Gasteiger partial charge in [-0.25, -0.2) is 19.0 Å². The van der Waals surface area contributed by atoms with Gasteiger partial charge in [0.05, 0.1) is 0 Å². The number of rotatable bonds is 13. The summed E-state index contributed by atoms with van der Waals surface area (Å²) in [5.74, 6) is 0.666. The summed E-state index contributed by atoms with van der Waals surface area (Å²) >= 11 is 0. The van der Waals surface area contributed by atoms with Crippen LogP contribution in [0.3, 0.4) is 0 Å². The van der Waals surface area contributed by atoms with Crippen LogP contribution in [0.25, 0.3) is 0 Å². The number of hydrogen-bond donors (Lipinski definition) is 4. The highest BCUT2D eigenvalue weighted by atomic mass is 32.2. The van der Waals surface area contributed by atoms with Crippen molar-refractivity contribution >= 4 is 43.9 Å². The molecule has 0 spiro atoms. The Morgan fingerprint density at radius 3 is 1.71 bits per heavy atom. The molecule has 7 rings (SSSR count). The second-order valence-corrected chi connectivity index (χ2v) is 20.9. The van der Waals surface area contributed by atoms with Gasteiger partial charge in [-0.3, -0.25) is 0 Å². The molecule has 4 aliphatic carbocycles. The number of amides is 4. The first-order valence-corrected chi connectivity index (χ1v) is 23.2. The lowest BCUT2D eigenvalue weighted by molar-refractivity contribution is 0.254. The van der Waals surface area contributed by atoms with E-state index in [9.17, 15) is 26.4 Å². The highest BCUT2D eigenvalue weighted by molar-refractivity contribution is 7.88. The molecule has 0 aromatic heterocycles. The van der Waals surface area contributed by atoms with Gasteiger partial charge in [0, 0.05) is 50.6 Å². The molecule has 2 aromatic rings.